The van der Waals surface area contributed by atoms with Crippen molar-refractivity contribution in [2.24, 2.45) is 5.73 Å². The zero-order valence-corrected chi connectivity index (χ0v) is 11.6. The molecule has 0 amide bonds. The van der Waals surface area contributed by atoms with Gasteiger partial charge in [-0.25, -0.2) is 4.98 Å². The maximum atomic E-state index is 12.7. The molecule has 1 unspecified atom stereocenters. The summed E-state index contributed by atoms with van der Waals surface area (Å²) in [6.45, 7) is -0.337. The fourth-order valence-corrected chi connectivity index (χ4v) is 2.40. The first-order valence-electron chi connectivity index (χ1n) is 6.20. The zero-order valence-electron chi connectivity index (χ0n) is 10.8. The Labute approximate surface area is 124 Å². The Balaban J connectivity index is 2.45. The number of H-pyrrole nitrogens is 1. The normalized spacial score (nSPS) is 12.7. The lowest BCUT2D eigenvalue weighted by Crippen LogP contribution is -2.30. The molecule has 2 heterocycles. The van der Waals surface area contributed by atoms with Gasteiger partial charge < -0.3 is 10.8 Å². The molecule has 8 heteroatoms. The standard InChI is InChI=1S/C13H12ClN5O2/c14-8-2-1-3-10-11(8)13(21)19(7-4-16-17-5-7)12(18-10)9(15)6-20/h1-5,9,20H,6,15H2,(H,16,17). The number of aliphatic hydroxyl groups excluding tert-OH is 1. The van der Waals surface area contributed by atoms with Crippen LogP contribution in [-0.2, 0) is 0 Å². The molecule has 0 radical (unpaired) electrons. The number of nitrogens with one attached hydrogen (secondary N) is 1. The smallest absolute Gasteiger partial charge is 0.267 e. The second-order valence-corrected chi connectivity index (χ2v) is 4.90. The van der Waals surface area contributed by atoms with Crippen molar-refractivity contribution in [2.45, 2.75) is 6.04 Å². The first-order chi connectivity index (χ1) is 10.1. The van der Waals surface area contributed by atoms with Crippen LogP contribution in [0.25, 0.3) is 16.6 Å². The molecule has 3 rings (SSSR count). The molecule has 0 spiro atoms. The Hall–Kier alpha value is -2.22. The van der Waals surface area contributed by atoms with Crippen LogP contribution in [0.1, 0.15) is 11.9 Å². The van der Waals surface area contributed by atoms with E-state index in [-0.39, 0.29) is 18.0 Å². The maximum Gasteiger partial charge on any atom is 0.267 e. The number of halogens is 1. The van der Waals surface area contributed by atoms with Crippen molar-refractivity contribution in [1.29, 1.82) is 0 Å². The Kier molecular flexibility index (Phi) is 3.46. The maximum absolute atomic E-state index is 12.7. The third-order valence-electron chi connectivity index (χ3n) is 3.14. The summed E-state index contributed by atoms with van der Waals surface area (Å²) in [6, 6.07) is 4.21. The van der Waals surface area contributed by atoms with Gasteiger partial charge in [-0.1, -0.05) is 17.7 Å². The lowest BCUT2D eigenvalue weighted by atomic mass is 10.2. The van der Waals surface area contributed by atoms with Crippen LogP contribution in [0.2, 0.25) is 5.02 Å². The first-order valence-corrected chi connectivity index (χ1v) is 6.58. The van der Waals surface area contributed by atoms with Crippen LogP contribution in [0.5, 0.6) is 0 Å². The highest BCUT2D eigenvalue weighted by molar-refractivity contribution is 6.35. The average molecular weight is 306 g/mol. The molecule has 0 aliphatic heterocycles. The molecule has 0 saturated carbocycles. The van der Waals surface area contributed by atoms with Gasteiger partial charge in [0.25, 0.3) is 5.56 Å². The van der Waals surface area contributed by atoms with Crippen molar-refractivity contribution in [1.82, 2.24) is 19.7 Å². The molecule has 0 aliphatic rings. The van der Waals surface area contributed by atoms with Crippen LogP contribution in [0.4, 0.5) is 0 Å². The van der Waals surface area contributed by atoms with E-state index in [1.165, 1.54) is 10.8 Å². The molecule has 4 N–H and O–H groups in total. The summed E-state index contributed by atoms with van der Waals surface area (Å²) in [5, 5.41) is 16.4. The van der Waals surface area contributed by atoms with Gasteiger partial charge in [-0.3, -0.25) is 14.5 Å². The number of hydrogen-bond acceptors (Lipinski definition) is 5. The van der Waals surface area contributed by atoms with Crippen LogP contribution >= 0.6 is 11.6 Å². The van der Waals surface area contributed by atoms with Gasteiger partial charge in [-0.05, 0) is 12.1 Å². The van der Waals surface area contributed by atoms with Gasteiger partial charge in [0, 0.05) is 6.20 Å². The number of hydrogen-bond donors (Lipinski definition) is 3. The van der Waals surface area contributed by atoms with E-state index in [9.17, 15) is 9.90 Å². The first kappa shape index (κ1) is 13.7. The highest BCUT2D eigenvalue weighted by Crippen LogP contribution is 2.21. The second kappa shape index (κ2) is 5.28. The topological polar surface area (TPSA) is 110 Å². The Morgan fingerprint density at radius 1 is 1.48 bits per heavy atom. The molecule has 2 aromatic heterocycles. The van der Waals surface area contributed by atoms with E-state index in [1.54, 1.807) is 24.4 Å². The number of nitrogens with zero attached hydrogens (tertiary/aromatic N) is 3. The summed E-state index contributed by atoms with van der Waals surface area (Å²) in [6.07, 6.45) is 3.01. The van der Waals surface area contributed by atoms with Crippen molar-refractivity contribution in [2.75, 3.05) is 6.61 Å². The predicted molar refractivity (Wildman–Crippen MR) is 78.5 cm³/mol. The van der Waals surface area contributed by atoms with Gasteiger partial charge in [0.15, 0.2) is 0 Å². The number of benzene rings is 1. The van der Waals surface area contributed by atoms with E-state index in [4.69, 9.17) is 17.3 Å². The fourth-order valence-electron chi connectivity index (χ4n) is 2.15. The van der Waals surface area contributed by atoms with E-state index in [2.05, 4.69) is 15.2 Å². The van der Waals surface area contributed by atoms with Gasteiger partial charge in [0.2, 0.25) is 0 Å². The third kappa shape index (κ3) is 2.21. The molecule has 7 nitrogen and oxygen atoms in total. The van der Waals surface area contributed by atoms with Crippen LogP contribution in [-0.4, -0.2) is 31.5 Å². The molecule has 21 heavy (non-hydrogen) atoms. The summed E-state index contributed by atoms with van der Waals surface area (Å²) < 4.78 is 1.30. The Morgan fingerprint density at radius 3 is 2.95 bits per heavy atom. The minimum absolute atomic E-state index is 0.249. The van der Waals surface area contributed by atoms with E-state index >= 15 is 0 Å². The molecular weight excluding hydrogens is 294 g/mol. The molecule has 0 fully saturated rings. The molecular formula is C13H12ClN5O2. The van der Waals surface area contributed by atoms with E-state index in [0.717, 1.165) is 0 Å². The fraction of sp³-hybridized carbons (Fsp3) is 0.154. The van der Waals surface area contributed by atoms with Crippen LogP contribution < -0.4 is 11.3 Å². The SMILES string of the molecule is NC(CO)c1nc2cccc(Cl)c2c(=O)n1-c1cn[nH]c1. The quantitative estimate of drug-likeness (QED) is 0.661. The van der Waals surface area contributed by atoms with Crippen molar-refractivity contribution < 1.29 is 5.11 Å². The van der Waals surface area contributed by atoms with Gasteiger partial charge in [-0.2, -0.15) is 5.10 Å². The molecule has 108 valence electrons. The van der Waals surface area contributed by atoms with Crippen LogP contribution in [0.15, 0.2) is 35.4 Å². The second-order valence-electron chi connectivity index (χ2n) is 4.49. The number of aliphatic hydroxyl groups is 1. The monoisotopic (exact) mass is 305 g/mol. The highest BCUT2D eigenvalue weighted by atomic mass is 35.5. The molecule has 3 aromatic rings. The van der Waals surface area contributed by atoms with E-state index in [1.807, 2.05) is 0 Å². The predicted octanol–water partition coefficient (Wildman–Crippen LogP) is 0.754. The number of nitrogens with two attached hydrogens (primary N) is 1. The van der Waals surface area contributed by atoms with Crippen molar-refractivity contribution >= 4 is 22.5 Å². The summed E-state index contributed by atoms with van der Waals surface area (Å²) in [4.78, 5) is 17.1. The van der Waals surface area contributed by atoms with Crippen LogP contribution in [0.3, 0.4) is 0 Å². The minimum atomic E-state index is -0.795. The number of rotatable bonds is 3. The average Bonchev–Trinajstić information content (AvgIpc) is 2.99. The molecule has 1 atom stereocenters. The van der Waals surface area contributed by atoms with Crippen molar-refractivity contribution in [3.63, 3.8) is 0 Å². The van der Waals surface area contributed by atoms with E-state index < -0.39 is 6.04 Å². The Bertz CT molecular complexity index is 844. The number of aromatic nitrogens is 4. The summed E-state index contributed by atoms with van der Waals surface area (Å²) in [7, 11) is 0. The molecule has 0 bridgehead atoms. The largest absolute Gasteiger partial charge is 0.394 e. The zero-order chi connectivity index (χ0) is 15.0. The van der Waals surface area contributed by atoms with Gasteiger partial charge >= 0.3 is 0 Å². The lowest BCUT2D eigenvalue weighted by molar-refractivity contribution is 0.262. The summed E-state index contributed by atoms with van der Waals surface area (Å²) in [5.74, 6) is 0.249. The molecule has 1 aromatic carbocycles. The lowest BCUT2D eigenvalue weighted by Gasteiger charge is -2.16. The minimum Gasteiger partial charge on any atom is -0.394 e. The van der Waals surface area contributed by atoms with Crippen molar-refractivity contribution in [3.05, 3.63) is 51.8 Å². The Morgan fingerprint density at radius 2 is 2.29 bits per heavy atom. The summed E-state index contributed by atoms with van der Waals surface area (Å²) >= 11 is 6.10. The van der Waals surface area contributed by atoms with E-state index in [0.29, 0.717) is 21.6 Å². The number of fused-ring (bicyclic) bond motifs is 1. The van der Waals surface area contributed by atoms with Gasteiger partial charge in [-0.15, -0.1) is 0 Å². The third-order valence-corrected chi connectivity index (χ3v) is 3.46. The molecule has 0 aliphatic carbocycles. The molecule has 0 saturated heterocycles. The van der Waals surface area contributed by atoms with Crippen LogP contribution in [0, 0.1) is 0 Å². The summed E-state index contributed by atoms with van der Waals surface area (Å²) in [5.41, 5.74) is 6.42. The van der Waals surface area contributed by atoms with Crippen molar-refractivity contribution in [3.8, 4) is 5.69 Å². The number of aromatic amines is 1. The van der Waals surface area contributed by atoms with Gasteiger partial charge in [0.05, 0.1) is 40.5 Å². The highest BCUT2D eigenvalue weighted by Gasteiger charge is 2.19. The van der Waals surface area contributed by atoms with Gasteiger partial charge in [0.1, 0.15) is 5.82 Å².